The molecular formula is C13H19N3O. The summed E-state index contributed by atoms with van der Waals surface area (Å²) >= 11 is 0. The van der Waals surface area contributed by atoms with Crippen LogP contribution in [0.4, 0.5) is 5.82 Å². The highest BCUT2D eigenvalue weighted by atomic mass is 16.5. The van der Waals surface area contributed by atoms with E-state index in [0.29, 0.717) is 24.5 Å². The van der Waals surface area contributed by atoms with Crippen molar-refractivity contribution in [2.24, 2.45) is 0 Å². The number of nitriles is 1. The van der Waals surface area contributed by atoms with E-state index >= 15 is 0 Å². The van der Waals surface area contributed by atoms with Gasteiger partial charge in [-0.2, -0.15) is 5.26 Å². The molecule has 0 spiro atoms. The second kappa shape index (κ2) is 7.64. The van der Waals surface area contributed by atoms with Crippen LogP contribution in [-0.2, 0) is 4.74 Å². The quantitative estimate of drug-likeness (QED) is 0.735. The van der Waals surface area contributed by atoms with E-state index in [-0.39, 0.29) is 0 Å². The number of nitrogens with zero attached hydrogens (tertiary/aromatic N) is 2. The van der Waals surface area contributed by atoms with Crippen LogP contribution in [-0.4, -0.2) is 24.7 Å². The smallest absolute Gasteiger partial charge is 0.144 e. The summed E-state index contributed by atoms with van der Waals surface area (Å²) in [6.45, 7) is 6.15. The molecule has 0 saturated carbocycles. The molecule has 0 aliphatic heterocycles. The number of ether oxygens (including phenoxy) is 1. The summed E-state index contributed by atoms with van der Waals surface area (Å²) in [6.07, 6.45) is 3.94. The van der Waals surface area contributed by atoms with Crippen LogP contribution in [0.1, 0.15) is 30.9 Å². The molecule has 0 aliphatic rings. The van der Waals surface area contributed by atoms with E-state index in [4.69, 9.17) is 10.00 Å². The van der Waals surface area contributed by atoms with Crippen LogP contribution in [0.5, 0.6) is 0 Å². The molecule has 4 heteroatoms. The lowest BCUT2D eigenvalue weighted by Gasteiger charge is -2.08. The van der Waals surface area contributed by atoms with E-state index in [1.54, 1.807) is 6.20 Å². The van der Waals surface area contributed by atoms with Gasteiger partial charge in [-0.25, -0.2) is 4.98 Å². The van der Waals surface area contributed by atoms with Crippen molar-refractivity contribution in [3.05, 3.63) is 23.4 Å². The summed E-state index contributed by atoms with van der Waals surface area (Å²) in [5, 5.41) is 12.1. The zero-order valence-electron chi connectivity index (χ0n) is 10.5. The lowest BCUT2D eigenvalue weighted by atomic mass is 10.1. The molecule has 0 radical (unpaired) electrons. The van der Waals surface area contributed by atoms with Crippen molar-refractivity contribution in [2.45, 2.75) is 26.7 Å². The Morgan fingerprint density at radius 1 is 1.47 bits per heavy atom. The van der Waals surface area contributed by atoms with Crippen LogP contribution in [0, 0.1) is 18.3 Å². The van der Waals surface area contributed by atoms with Gasteiger partial charge < -0.3 is 10.1 Å². The largest absolute Gasteiger partial charge is 0.380 e. The molecule has 0 atom stereocenters. The molecule has 92 valence electrons. The fourth-order valence-corrected chi connectivity index (χ4v) is 1.42. The second-order valence-corrected chi connectivity index (χ2v) is 3.86. The van der Waals surface area contributed by atoms with Gasteiger partial charge in [-0.3, -0.25) is 0 Å². The Kier molecular flexibility index (Phi) is 6.05. The van der Waals surface area contributed by atoms with Crippen molar-refractivity contribution in [2.75, 3.05) is 25.1 Å². The molecule has 1 heterocycles. The van der Waals surface area contributed by atoms with Crippen molar-refractivity contribution in [1.29, 1.82) is 5.26 Å². The maximum Gasteiger partial charge on any atom is 0.144 e. The molecule has 0 aromatic carbocycles. The van der Waals surface area contributed by atoms with Gasteiger partial charge in [0.15, 0.2) is 0 Å². The molecular weight excluding hydrogens is 214 g/mol. The molecule has 0 aliphatic carbocycles. The van der Waals surface area contributed by atoms with Crippen molar-refractivity contribution in [1.82, 2.24) is 4.98 Å². The lowest BCUT2D eigenvalue weighted by molar-refractivity contribution is 0.141. The number of hydrogen-bond donors (Lipinski definition) is 1. The summed E-state index contributed by atoms with van der Waals surface area (Å²) < 4.78 is 5.43. The number of anilines is 1. The number of unbranched alkanes of at least 4 members (excludes halogenated alkanes) is 1. The van der Waals surface area contributed by atoms with Crippen LogP contribution >= 0.6 is 0 Å². The highest BCUT2D eigenvalue weighted by Crippen LogP contribution is 2.14. The van der Waals surface area contributed by atoms with Crippen LogP contribution in [0.2, 0.25) is 0 Å². The Hall–Kier alpha value is -1.60. The molecule has 0 amide bonds. The zero-order chi connectivity index (χ0) is 12.5. The molecule has 0 saturated heterocycles. The van der Waals surface area contributed by atoms with Gasteiger partial charge >= 0.3 is 0 Å². The van der Waals surface area contributed by atoms with Crippen LogP contribution < -0.4 is 5.32 Å². The maximum absolute atomic E-state index is 9.01. The average Bonchev–Trinajstić information content (AvgIpc) is 2.34. The zero-order valence-corrected chi connectivity index (χ0v) is 10.5. The lowest BCUT2D eigenvalue weighted by Crippen LogP contribution is -2.12. The van der Waals surface area contributed by atoms with Crippen LogP contribution in [0.3, 0.4) is 0 Å². The number of nitrogens with one attached hydrogen (secondary N) is 1. The first-order valence-electron chi connectivity index (χ1n) is 5.97. The first-order valence-corrected chi connectivity index (χ1v) is 5.97. The Labute approximate surface area is 103 Å². The predicted molar refractivity (Wildman–Crippen MR) is 67.9 cm³/mol. The van der Waals surface area contributed by atoms with Gasteiger partial charge in [0.25, 0.3) is 0 Å². The first-order chi connectivity index (χ1) is 8.29. The summed E-state index contributed by atoms with van der Waals surface area (Å²) in [7, 11) is 0. The van der Waals surface area contributed by atoms with Crippen molar-refractivity contribution in [3.63, 3.8) is 0 Å². The minimum atomic E-state index is 0.612. The molecule has 1 rings (SSSR count). The number of rotatable bonds is 7. The summed E-state index contributed by atoms with van der Waals surface area (Å²) in [5.41, 5.74) is 1.55. The molecule has 4 nitrogen and oxygen atoms in total. The molecule has 1 aromatic heterocycles. The van der Waals surface area contributed by atoms with Gasteiger partial charge in [0.2, 0.25) is 0 Å². The third-order valence-corrected chi connectivity index (χ3v) is 2.45. The monoisotopic (exact) mass is 233 g/mol. The van der Waals surface area contributed by atoms with E-state index in [9.17, 15) is 0 Å². The van der Waals surface area contributed by atoms with Crippen molar-refractivity contribution >= 4 is 5.82 Å². The minimum Gasteiger partial charge on any atom is -0.380 e. The SMILES string of the molecule is CCCCOCCNc1nccc(C)c1C#N. The highest BCUT2D eigenvalue weighted by molar-refractivity contribution is 5.55. The Morgan fingerprint density at radius 2 is 2.29 bits per heavy atom. The molecule has 17 heavy (non-hydrogen) atoms. The fourth-order valence-electron chi connectivity index (χ4n) is 1.42. The standard InChI is InChI=1S/C13H19N3O/c1-3-4-8-17-9-7-16-13-12(10-14)11(2)5-6-15-13/h5-6H,3-4,7-9H2,1-2H3,(H,15,16). The minimum absolute atomic E-state index is 0.612. The third-order valence-electron chi connectivity index (χ3n) is 2.45. The highest BCUT2D eigenvalue weighted by Gasteiger charge is 2.04. The van der Waals surface area contributed by atoms with Gasteiger partial charge in [-0.15, -0.1) is 0 Å². The van der Waals surface area contributed by atoms with Crippen molar-refractivity contribution < 1.29 is 4.74 Å². The number of hydrogen-bond acceptors (Lipinski definition) is 4. The topological polar surface area (TPSA) is 57.9 Å². The number of aromatic nitrogens is 1. The molecule has 0 bridgehead atoms. The average molecular weight is 233 g/mol. The van der Waals surface area contributed by atoms with Crippen LogP contribution in [0.15, 0.2) is 12.3 Å². The Balaban J connectivity index is 2.37. The third kappa shape index (κ3) is 4.41. The Morgan fingerprint density at radius 3 is 3.00 bits per heavy atom. The van der Waals surface area contributed by atoms with Gasteiger partial charge in [0.1, 0.15) is 11.9 Å². The normalized spacial score (nSPS) is 9.94. The van der Waals surface area contributed by atoms with E-state index in [2.05, 4.69) is 23.3 Å². The van der Waals surface area contributed by atoms with Crippen molar-refractivity contribution in [3.8, 4) is 6.07 Å². The molecule has 1 N–H and O–H groups in total. The maximum atomic E-state index is 9.01. The molecule has 0 fully saturated rings. The van der Waals surface area contributed by atoms with Gasteiger partial charge in [0.05, 0.1) is 12.2 Å². The van der Waals surface area contributed by atoms with Gasteiger partial charge in [-0.05, 0) is 25.0 Å². The first kappa shape index (κ1) is 13.5. The summed E-state index contributed by atoms with van der Waals surface area (Å²) in [5.74, 6) is 0.645. The van der Waals surface area contributed by atoms with Crippen LogP contribution in [0.25, 0.3) is 0 Å². The second-order valence-electron chi connectivity index (χ2n) is 3.86. The van der Waals surface area contributed by atoms with E-state index in [1.807, 2.05) is 13.0 Å². The molecule has 1 aromatic rings. The van der Waals surface area contributed by atoms with Gasteiger partial charge in [0, 0.05) is 19.3 Å². The summed E-state index contributed by atoms with van der Waals surface area (Å²) in [4.78, 5) is 4.16. The fraction of sp³-hybridized carbons (Fsp3) is 0.538. The predicted octanol–water partition coefficient (Wildman–Crippen LogP) is 2.49. The Bertz CT molecular complexity index is 385. The van der Waals surface area contributed by atoms with E-state index < -0.39 is 0 Å². The van der Waals surface area contributed by atoms with Gasteiger partial charge in [-0.1, -0.05) is 13.3 Å². The number of pyridine rings is 1. The summed E-state index contributed by atoms with van der Waals surface area (Å²) in [6, 6.07) is 3.99. The number of aryl methyl sites for hydroxylation is 1. The van der Waals surface area contributed by atoms with E-state index in [0.717, 1.165) is 25.0 Å². The van der Waals surface area contributed by atoms with E-state index in [1.165, 1.54) is 0 Å². The molecule has 0 unspecified atom stereocenters.